The molecule has 8 aromatic carbocycles. The van der Waals surface area contributed by atoms with Crippen molar-refractivity contribution in [2.24, 2.45) is 0 Å². The second-order valence-corrected chi connectivity index (χ2v) is 15.2. The van der Waals surface area contributed by atoms with E-state index < -0.39 is 11.7 Å². The molecular weight excluding hydrogens is 804 g/mol. The number of rotatable bonds is 5. The highest BCUT2D eigenvalue weighted by atomic mass is 19.4. The number of para-hydroxylation sites is 2. The predicted octanol–water partition coefficient (Wildman–Crippen LogP) is 14.6. The number of benzene rings is 8. The lowest BCUT2D eigenvalue weighted by Crippen LogP contribution is -2.10. The Bertz CT molecular complexity index is 3570. The number of aromatic nitrogens is 2. The summed E-state index contributed by atoms with van der Waals surface area (Å²) in [5.74, 6) is 0. The first-order valence-electron chi connectivity index (χ1n) is 19.8. The van der Waals surface area contributed by atoms with E-state index in [9.17, 15) is 15.8 Å². The van der Waals surface area contributed by atoms with Crippen molar-refractivity contribution in [3.8, 4) is 63.0 Å². The van der Waals surface area contributed by atoms with Crippen molar-refractivity contribution in [1.29, 1.82) is 15.8 Å². The topological polar surface area (TPSA) is 90.0 Å². The van der Waals surface area contributed by atoms with E-state index in [0.29, 0.717) is 67.1 Å². The number of nitrogens with zero attached hydrogens (tertiary/aromatic N) is 7. The summed E-state index contributed by atoms with van der Waals surface area (Å²) >= 11 is 0. The van der Waals surface area contributed by atoms with Crippen molar-refractivity contribution in [3.63, 3.8) is 0 Å². The summed E-state index contributed by atoms with van der Waals surface area (Å²) in [6.07, 6.45) is -4.76. The van der Waals surface area contributed by atoms with Gasteiger partial charge in [0.05, 0.1) is 75.9 Å². The van der Waals surface area contributed by atoms with Crippen LogP contribution in [0.1, 0.15) is 22.3 Å². The predicted molar refractivity (Wildman–Crippen MR) is 243 cm³/mol. The number of nitriles is 3. The Hall–Kier alpha value is -9.40. The van der Waals surface area contributed by atoms with Crippen LogP contribution in [0, 0.1) is 47.1 Å². The summed E-state index contributed by atoms with van der Waals surface area (Å²) in [6, 6.07) is 51.7. The van der Waals surface area contributed by atoms with Gasteiger partial charge in [-0.05, 0) is 119 Å². The van der Waals surface area contributed by atoms with E-state index in [-0.39, 0.29) is 16.7 Å². The smallest absolute Gasteiger partial charge is 0.308 e. The van der Waals surface area contributed by atoms with Gasteiger partial charge < -0.3 is 9.13 Å². The Morgan fingerprint density at radius 1 is 0.438 bits per heavy atom. The zero-order chi connectivity index (χ0) is 44.3. The first-order chi connectivity index (χ1) is 31.1. The molecule has 0 unspecified atom stereocenters. The van der Waals surface area contributed by atoms with Crippen molar-refractivity contribution >= 4 is 55.0 Å². The quantitative estimate of drug-likeness (QED) is 0.162. The minimum Gasteiger partial charge on any atom is -0.308 e. The van der Waals surface area contributed by atoms with Gasteiger partial charge in [-0.2, -0.15) is 29.0 Å². The molecule has 0 saturated heterocycles. The molecule has 2 heterocycles. The van der Waals surface area contributed by atoms with Crippen LogP contribution in [0.5, 0.6) is 0 Å². The summed E-state index contributed by atoms with van der Waals surface area (Å²) < 4.78 is 49.8. The van der Waals surface area contributed by atoms with E-state index in [2.05, 4.69) is 27.9 Å². The lowest BCUT2D eigenvalue weighted by Gasteiger charge is -2.23. The third-order valence-electron chi connectivity index (χ3n) is 11.6. The molecule has 0 aliphatic carbocycles. The maximum absolute atomic E-state index is 15.3. The average molecular weight is 830 g/mol. The van der Waals surface area contributed by atoms with Crippen molar-refractivity contribution in [2.75, 3.05) is 0 Å². The van der Waals surface area contributed by atoms with E-state index in [1.807, 2.05) is 94.1 Å². The number of hydrogen-bond donors (Lipinski definition) is 0. The third kappa shape index (κ3) is 6.26. The molecule has 7 nitrogen and oxygen atoms in total. The highest BCUT2D eigenvalue weighted by Gasteiger charge is 2.35. The van der Waals surface area contributed by atoms with E-state index in [0.717, 1.165) is 38.7 Å². The normalized spacial score (nSPS) is 11.3. The Morgan fingerprint density at radius 2 is 0.859 bits per heavy atom. The van der Waals surface area contributed by atoms with Crippen molar-refractivity contribution in [2.45, 2.75) is 6.18 Å². The SMILES string of the molecule is [C-]#[N+]c1cc(C#N)cc(-c2ccc3c(c2)c2ccccc2n3-c2cc(C#N)cc(-n3c4ccccc4c4cc(-c5cc(C#N)cc([N+]#[C-])c5)ccc43)c2-c2ccccc2C(F)(F)F)c1. The van der Waals surface area contributed by atoms with E-state index >= 15 is 13.2 Å². The molecule has 64 heavy (non-hydrogen) atoms. The summed E-state index contributed by atoms with van der Waals surface area (Å²) in [5.41, 5.74) is 6.96. The van der Waals surface area contributed by atoms with Crippen LogP contribution in [0.4, 0.5) is 24.5 Å². The van der Waals surface area contributed by atoms with Gasteiger partial charge in [0.1, 0.15) is 0 Å². The maximum atomic E-state index is 15.3. The van der Waals surface area contributed by atoms with E-state index in [1.165, 1.54) is 24.3 Å². The fourth-order valence-electron chi connectivity index (χ4n) is 8.89. The zero-order valence-electron chi connectivity index (χ0n) is 33.3. The van der Waals surface area contributed by atoms with Gasteiger partial charge in [-0.1, -0.05) is 66.7 Å². The fraction of sp³-hybridized carbons (Fsp3) is 0.0185. The first kappa shape index (κ1) is 38.8. The van der Waals surface area contributed by atoms with Gasteiger partial charge in [-0.3, -0.25) is 0 Å². The zero-order valence-corrected chi connectivity index (χ0v) is 33.3. The first-order valence-corrected chi connectivity index (χ1v) is 19.8. The number of fused-ring (bicyclic) bond motifs is 6. The molecule has 0 atom stereocenters. The number of halogens is 3. The van der Waals surface area contributed by atoms with Crippen LogP contribution in [0.15, 0.2) is 158 Å². The monoisotopic (exact) mass is 829 g/mol. The minimum atomic E-state index is -4.76. The van der Waals surface area contributed by atoms with Crippen LogP contribution in [-0.4, -0.2) is 9.13 Å². The van der Waals surface area contributed by atoms with Crippen molar-refractivity contribution in [1.82, 2.24) is 9.13 Å². The molecule has 0 aliphatic rings. The fourth-order valence-corrected chi connectivity index (χ4v) is 8.89. The molecule has 0 N–H and O–H groups in total. The lowest BCUT2D eigenvalue weighted by atomic mass is 9.94. The van der Waals surface area contributed by atoms with Crippen LogP contribution in [0.3, 0.4) is 0 Å². The standard InChI is InChI=1S/C54H26F3N7/c1-61-39-21-32(29-58)19-37(25-39)35-15-17-49-44(27-35)41-9-4-7-13-47(41)63(49)51-23-34(31-60)24-52(53(51)43-11-3-6-12-46(43)54(55,56)57)64-48-14-8-5-10-42(48)45-28-36(16-18-50(45)64)38-20-33(30-59)22-40(26-38)62-2/h3-28H. The molecule has 0 saturated carbocycles. The van der Waals surface area contributed by atoms with E-state index in [4.69, 9.17) is 13.1 Å². The second-order valence-electron chi connectivity index (χ2n) is 15.2. The van der Waals surface area contributed by atoms with Crippen LogP contribution in [-0.2, 0) is 6.18 Å². The van der Waals surface area contributed by atoms with Gasteiger partial charge >= 0.3 is 6.18 Å². The Kier molecular flexibility index (Phi) is 9.06. The van der Waals surface area contributed by atoms with Crippen LogP contribution in [0.25, 0.3) is 98.1 Å². The van der Waals surface area contributed by atoms with Crippen LogP contribution >= 0.6 is 0 Å². The van der Waals surface area contributed by atoms with Crippen LogP contribution in [0.2, 0.25) is 0 Å². The van der Waals surface area contributed by atoms with Crippen molar-refractivity contribution in [3.05, 3.63) is 203 Å². The molecule has 0 fully saturated rings. The summed E-state index contributed by atoms with van der Waals surface area (Å²) in [4.78, 5) is 7.13. The highest BCUT2D eigenvalue weighted by molar-refractivity contribution is 6.13. The molecule has 298 valence electrons. The third-order valence-corrected chi connectivity index (χ3v) is 11.6. The van der Waals surface area contributed by atoms with Gasteiger partial charge in [0, 0.05) is 38.2 Å². The molecule has 2 aromatic heterocycles. The van der Waals surface area contributed by atoms with Crippen LogP contribution < -0.4 is 0 Å². The molecule has 0 radical (unpaired) electrons. The molecule has 10 rings (SSSR count). The maximum Gasteiger partial charge on any atom is 0.417 e. The van der Waals surface area contributed by atoms with E-state index in [1.54, 1.807) is 42.5 Å². The van der Waals surface area contributed by atoms with Gasteiger partial charge in [-0.25, -0.2) is 9.69 Å². The number of hydrogen-bond acceptors (Lipinski definition) is 3. The average Bonchev–Trinajstić information content (AvgIpc) is 3.85. The number of alkyl halides is 3. The van der Waals surface area contributed by atoms with Gasteiger partial charge in [-0.15, -0.1) is 0 Å². The lowest BCUT2D eigenvalue weighted by molar-refractivity contribution is -0.137. The summed E-state index contributed by atoms with van der Waals surface area (Å²) in [7, 11) is 0. The Balaban J connectivity index is 1.32. The molecular formula is C54H26F3N7. The molecule has 10 heteroatoms. The van der Waals surface area contributed by atoms with Gasteiger partial charge in [0.2, 0.25) is 0 Å². The second kappa shape index (κ2) is 14.9. The summed E-state index contributed by atoms with van der Waals surface area (Å²) in [6.45, 7) is 15.2. The Morgan fingerprint density at radius 3 is 1.31 bits per heavy atom. The summed E-state index contributed by atoms with van der Waals surface area (Å²) in [5, 5.41) is 33.3. The largest absolute Gasteiger partial charge is 0.417 e. The highest BCUT2D eigenvalue weighted by Crippen LogP contribution is 2.47. The molecule has 0 spiro atoms. The van der Waals surface area contributed by atoms with Crippen molar-refractivity contribution < 1.29 is 13.2 Å². The molecule has 0 bridgehead atoms. The molecule has 0 amide bonds. The minimum absolute atomic E-state index is 0.0884. The Labute approximate surface area is 363 Å². The molecule has 0 aliphatic heterocycles. The molecule has 10 aromatic rings. The van der Waals surface area contributed by atoms with Gasteiger partial charge in [0.25, 0.3) is 0 Å². The van der Waals surface area contributed by atoms with Gasteiger partial charge in [0.15, 0.2) is 11.4 Å².